The van der Waals surface area contributed by atoms with Crippen molar-refractivity contribution in [3.05, 3.63) is 70.7 Å². The molecule has 1 aliphatic carbocycles. The SMILES string of the molecule is CCC(NC1CC(c2ccc(Cl)cc2)C1)c1ccccc1. The van der Waals surface area contributed by atoms with E-state index in [1.165, 1.54) is 24.0 Å². The number of hydrogen-bond acceptors (Lipinski definition) is 1. The number of halogens is 1. The summed E-state index contributed by atoms with van der Waals surface area (Å²) >= 11 is 5.95. The average Bonchev–Trinajstić information content (AvgIpc) is 2.49. The van der Waals surface area contributed by atoms with Crippen LogP contribution in [0.3, 0.4) is 0 Å². The van der Waals surface area contributed by atoms with Gasteiger partial charge >= 0.3 is 0 Å². The molecule has 0 bridgehead atoms. The second kappa shape index (κ2) is 6.64. The van der Waals surface area contributed by atoms with Crippen LogP contribution in [0.15, 0.2) is 54.6 Å². The van der Waals surface area contributed by atoms with E-state index in [9.17, 15) is 0 Å². The Labute approximate surface area is 132 Å². The van der Waals surface area contributed by atoms with Crippen molar-refractivity contribution in [1.29, 1.82) is 0 Å². The van der Waals surface area contributed by atoms with Crippen LogP contribution in [0, 0.1) is 0 Å². The van der Waals surface area contributed by atoms with E-state index in [-0.39, 0.29) is 0 Å². The Morgan fingerprint density at radius 2 is 1.71 bits per heavy atom. The van der Waals surface area contributed by atoms with E-state index in [0.29, 0.717) is 18.0 Å². The monoisotopic (exact) mass is 299 g/mol. The highest BCUT2D eigenvalue weighted by Gasteiger charge is 2.31. The van der Waals surface area contributed by atoms with Crippen molar-refractivity contribution in [2.45, 2.75) is 44.2 Å². The summed E-state index contributed by atoms with van der Waals surface area (Å²) in [5.74, 6) is 0.688. The Morgan fingerprint density at radius 1 is 1.05 bits per heavy atom. The van der Waals surface area contributed by atoms with Crippen molar-refractivity contribution in [2.24, 2.45) is 0 Å². The van der Waals surface area contributed by atoms with Crippen molar-refractivity contribution in [2.75, 3.05) is 0 Å². The Bertz CT molecular complexity index is 558. The average molecular weight is 300 g/mol. The largest absolute Gasteiger partial charge is 0.307 e. The molecule has 1 atom stereocenters. The maximum atomic E-state index is 5.95. The summed E-state index contributed by atoms with van der Waals surface area (Å²) in [6.45, 7) is 2.25. The van der Waals surface area contributed by atoms with Gasteiger partial charge < -0.3 is 5.32 Å². The minimum absolute atomic E-state index is 0.474. The molecule has 0 saturated heterocycles. The van der Waals surface area contributed by atoms with Crippen molar-refractivity contribution in [3.63, 3.8) is 0 Å². The van der Waals surface area contributed by atoms with Crippen LogP contribution in [0.4, 0.5) is 0 Å². The molecule has 110 valence electrons. The minimum Gasteiger partial charge on any atom is -0.307 e. The van der Waals surface area contributed by atoms with E-state index in [0.717, 1.165) is 11.4 Å². The number of benzene rings is 2. The van der Waals surface area contributed by atoms with Crippen LogP contribution in [-0.4, -0.2) is 6.04 Å². The quantitative estimate of drug-likeness (QED) is 0.787. The van der Waals surface area contributed by atoms with Crippen molar-refractivity contribution >= 4 is 11.6 Å². The van der Waals surface area contributed by atoms with Gasteiger partial charge in [-0.2, -0.15) is 0 Å². The predicted octanol–water partition coefficient (Wildman–Crippen LogP) is 5.33. The number of hydrogen-bond donors (Lipinski definition) is 1. The summed E-state index contributed by atoms with van der Waals surface area (Å²) in [7, 11) is 0. The van der Waals surface area contributed by atoms with Gasteiger partial charge in [-0.05, 0) is 48.4 Å². The normalized spacial score (nSPS) is 22.6. The van der Waals surface area contributed by atoms with Gasteiger partial charge in [0.1, 0.15) is 0 Å². The van der Waals surface area contributed by atoms with Crippen LogP contribution in [-0.2, 0) is 0 Å². The molecular formula is C19H22ClN. The van der Waals surface area contributed by atoms with E-state index in [2.05, 4.69) is 54.7 Å². The Hall–Kier alpha value is -1.31. The summed E-state index contributed by atoms with van der Waals surface area (Å²) < 4.78 is 0. The van der Waals surface area contributed by atoms with Gasteiger partial charge in [-0.3, -0.25) is 0 Å². The maximum Gasteiger partial charge on any atom is 0.0406 e. The summed E-state index contributed by atoms with van der Waals surface area (Å²) in [6.07, 6.45) is 3.59. The highest BCUT2D eigenvalue weighted by atomic mass is 35.5. The summed E-state index contributed by atoms with van der Waals surface area (Å²) in [5.41, 5.74) is 2.82. The van der Waals surface area contributed by atoms with E-state index >= 15 is 0 Å². The van der Waals surface area contributed by atoms with Crippen molar-refractivity contribution < 1.29 is 0 Å². The minimum atomic E-state index is 0.474. The Morgan fingerprint density at radius 3 is 2.33 bits per heavy atom. The van der Waals surface area contributed by atoms with Crippen molar-refractivity contribution in [1.82, 2.24) is 5.32 Å². The Kier molecular flexibility index (Phi) is 4.62. The molecule has 0 amide bonds. The first kappa shape index (κ1) is 14.6. The molecule has 1 fully saturated rings. The first-order valence-corrected chi connectivity index (χ1v) is 8.20. The highest BCUT2D eigenvalue weighted by Crippen LogP contribution is 2.38. The van der Waals surface area contributed by atoms with Crippen molar-refractivity contribution in [3.8, 4) is 0 Å². The third-order valence-electron chi connectivity index (χ3n) is 4.53. The molecule has 0 aromatic heterocycles. The van der Waals surface area contributed by atoms with Crippen LogP contribution in [0.5, 0.6) is 0 Å². The van der Waals surface area contributed by atoms with E-state index in [1.807, 2.05) is 12.1 Å². The zero-order valence-corrected chi connectivity index (χ0v) is 13.2. The van der Waals surface area contributed by atoms with Gasteiger partial charge in [0.15, 0.2) is 0 Å². The molecule has 0 radical (unpaired) electrons. The molecule has 1 aliphatic rings. The molecule has 1 saturated carbocycles. The summed E-state index contributed by atoms with van der Waals surface area (Å²) in [5, 5.41) is 4.63. The lowest BCUT2D eigenvalue weighted by atomic mass is 9.75. The van der Waals surface area contributed by atoms with Gasteiger partial charge in [-0.25, -0.2) is 0 Å². The topological polar surface area (TPSA) is 12.0 Å². The van der Waals surface area contributed by atoms with Gasteiger partial charge in [-0.1, -0.05) is 61.0 Å². The molecular weight excluding hydrogens is 278 g/mol. The smallest absolute Gasteiger partial charge is 0.0406 e. The zero-order valence-electron chi connectivity index (χ0n) is 12.4. The molecule has 0 spiro atoms. The van der Waals surface area contributed by atoms with Gasteiger partial charge in [0.25, 0.3) is 0 Å². The third kappa shape index (κ3) is 3.48. The van der Waals surface area contributed by atoms with Gasteiger partial charge in [0.05, 0.1) is 0 Å². The summed E-state index contributed by atoms with van der Waals surface area (Å²) in [4.78, 5) is 0. The molecule has 1 unspecified atom stereocenters. The molecule has 0 aliphatic heterocycles. The lowest BCUT2D eigenvalue weighted by molar-refractivity contribution is 0.262. The second-order valence-electron chi connectivity index (χ2n) is 5.95. The van der Waals surface area contributed by atoms with Crippen LogP contribution in [0.1, 0.15) is 49.3 Å². The Balaban J connectivity index is 1.55. The molecule has 21 heavy (non-hydrogen) atoms. The maximum absolute atomic E-state index is 5.95. The molecule has 0 heterocycles. The van der Waals surface area contributed by atoms with E-state index < -0.39 is 0 Å². The molecule has 2 aromatic carbocycles. The van der Waals surface area contributed by atoms with E-state index in [1.54, 1.807) is 0 Å². The summed E-state index contributed by atoms with van der Waals surface area (Å²) in [6, 6.07) is 20.2. The molecule has 3 rings (SSSR count). The van der Waals surface area contributed by atoms with Gasteiger partial charge in [0.2, 0.25) is 0 Å². The lowest BCUT2D eigenvalue weighted by Gasteiger charge is -2.39. The van der Waals surface area contributed by atoms with Crippen LogP contribution < -0.4 is 5.32 Å². The standard InChI is InChI=1S/C19H22ClN/c1-2-19(15-6-4-3-5-7-15)21-18-12-16(13-18)14-8-10-17(20)11-9-14/h3-11,16,18-19,21H,2,12-13H2,1H3. The predicted molar refractivity (Wildman–Crippen MR) is 89.8 cm³/mol. The van der Waals surface area contributed by atoms with Crippen LogP contribution >= 0.6 is 11.6 Å². The highest BCUT2D eigenvalue weighted by molar-refractivity contribution is 6.30. The fourth-order valence-corrected chi connectivity index (χ4v) is 3.31. The molecule has 2 heteroatoms. The molecule has 1 nitrogen and oxygen atoms in total. The molecule has 1 N–H and O–H groups in total. The van der Waals surface area contributed by atoms with Crippen LogP contribution in [0.2, 0.25) is 5.02 Å². The first-order chi connectivity index (χ1) is 10.3. The number of rotatable bonds is 5. The lowest BCUT2D eigenvalue weighted by Crippen LogP contribution is -2.41. The van der Waals surface area contributed by atoms with Gasteiger partial charge in [0, 0.05) is 17.1 Å². The fraction of sp³-hybridized carbons (Fsp3) is 0.368. The fourth-order valence-electron chi connectivity index (χ4n) is 3.18. The van der Waals surface area contributed by atoms with Crippen LogP contribution in [0.25, 0.3) is 0 Å². The second-order valence-corrected chi connectivity index (χ2v) is 6.39. The van der Waals surface area contributed by atoms with E-state index in [4.69, 9.17) is 11.6 Å². The third-order valence-corrected chi connectivity index (χ3v) is 4.78. The first-order valence-electron chi connectivity index (χ1n) is 7.82. The molecule has 2 aromatic rings. The number of nitrogens with one attached hydrogen (secondary N) is 1. The zero-order chi connectivity index (χ0) is 14.7. The van der Waals surface area contributed by atoms with Gasteiger partial charge in [-0.15, -0.1) is 0 Å².